The fraction of sp³-hybridized carbons (Fsp3) is 0.385. The van der Waals surface area contributed by atoms with Crippen LogP contribution in [0.4, 0.5) is 0 Å². The second-order valence-corrected chi connectivity index (χ2v) is 8.33. The lowest BCUT2D eigenvalue weighted by Crippen LogP contribution is -2.47. The van der Waals surface area contributed by atoms with E-state index >= 15 is 0 Å². The third-order valence-electron chi connectivity index (χ3n) is 6.32. The van der Waals surface area contributed by atoms with Crippen LogP contribution in [0.25, 0.3) is 10.8 Å². The topological polar surface area (TPSA) is 90.2 Å². The summed E-state index contributed by atoms with van der Waals surface area (Å²) in [4.78, 5) is 0. The molecule has 0 amide bonds. The van der Waals surface area contributed by atoms with Gasteiger partial charge in [0.15, 0.2) is 0 Å². The molecule has 1 aliphatic rings. The van der Waals surface area contributed by atoms with Gasteiger partial charge in [-0.15, -0.1) is 0 Å². The maximum Gasteiger partial charge on any atom is 0.110 e. The van der Waals surface area contributed by atoms with Gasteiger partial charge in [-0.3, -0.25) is 0 Å². The third kappa shape index (κ3) is 4.52. The monoisotopic (exact) mass is 422 g/mol. The third-order valence-corrected chi connectivity index (χ3v) is 6.32. The molecule has 1 aliphatic heterocycles. The van der Waals surface area contributed by atoms with Gasteiger partial charge in [0.2, 0.25) is 0 Å². The Morgan fingerprint density at radius 2 is 1.68 bits per heavy atom. The summed E-state index contributed by atoms with van der Waals surface area (Å²) in [5.74, 6) is 0. The van der Waals surface area contributed by atoms with Crippen molar-refractivity contribution in [3.8, 4) is 0 Å². The summed E-state index contributed by atoms with van der Waals surface area (Å²) in [6.45, 7) is 1.61. The SMILES string of the molecule is CCc1ccc(Cc2cccc3cc(CO)c(C4CC(O)[C@H](O)C(CO)O4)cc23)cc1. The number of hydrogen-bond donors (Lipinski definition) is 4. The first kappa shape index (κ1) is 21.9. The summed E-state index contributed by atoms with van der Waals surface area (Å²) in [5, 5.41) is 42.0. The van der Waals surface area contributed by atoms with Gasteiger partial charge >= 0.3 is 0 Å². The van der Waals surface area contributed by atoms with Gasteiger partial charge in [-0.2, -0.15) is 0 Å². The van der Waals surface area contributed by atoms with E-state index in [1.54, 1.807) is 0 Å². The van der Waals surface area contributed by atoms with Crippen molar-refractivity contribution in [1.29, 1.82) is 0 Å². The molecule has 4 rings (SSSR count). The maximum absolute atomic E-state index is 10.3. The minimum atomic E-state index is -1.12. The van der Waals surface area contributed by atoms with Crippen LogP contribution >= 0.6 is 0 Å². The van der Waals surface area contributed by atoms with Crippen LogP contribution in [0.5, 0.6) is 0 Å². The van der Waals surface area contributed by atoms with E-state index < -0.39 is 24.4 Å². The molecule has 0 bridgehead atoms. The number of ether oxygens (including phenoxy) is 1. The molecule has 3 aromatic rings. The highest BCUT2D eigenvalue weighted by Gasteiger charge is 2.37. The summed E-state index contributed by atoms with van der Waals surface area (Å²) in [5.41, 5.74) is 5.22. The molecule has 31 heavy (non-hydrogen) atoms. The average molecular weight is 423 g/mol. The Kier molecular flexibility index (Phi) is 6.70. The number of aliphatic hydroxyl groups excluding tert-OH is 4. The zero-order valence-corrected chi connectivity index (χ0v) is 17.7. The van der Waals surface area contributed by atoms with Crippen LogP contribution in [-0.2, 0) is 24.2 Å². The minimum Gasteiger partial charge on any atom is -0.394 e. The summed E-state index contributed by atoms with van der Waals surface area (Å²) in [6, 6.07) is 18.8. The lowest BCUT2D eigenvalue weighted by molar-refractivity contribution is -0.181. The van der Waals surface area contributed by atoms with E-state index in [4.69, 9.17) is 4.74 Å². The van der Waals surface area contributed by atoms with E-state index in [0.717, 1.165) is 34.7 Å². The number of hydrogen-bond acceptors (Lipinski definition) is 5. The van der Waals surface area contributed by atoms with Crippen LogP contribution in [0, 0.1) is 0 Å². The molecule has 0 radical (unpaired) electrons. The van der Waals surface area contributed by atoms with Crippen molar-refractivity contribution in [2.75, 3.05) is 6.61 Å². The normalized spacial score (nSPS) is 23.9. The molecule has 0 aromatic heterocycles. The smallest absolute Gasteiger partial charge is 0.110 e. The van der Waals surface area contributed by atoms with Crippen molar-refractivity contribution >= 4 is 10.8 Å². The number of aryl methyl sites for hydroxylation is 1. The second kappa shape index (κ2) is 9.47. The lowest BCUT2D eigenvalue weighted by atomic mass is 9.88. The van der Waals surface area contributed by atoms with Crippen molar-refractivity contribution in [2.24, 2.45) is 0 Å². The highest BCUT2D eigenvalue weighted by atomic mass is 16.5. The minimum absolute atomic E-state index is 0.156. The van der Waals surface area contributed by atoms with Gasteiger partial charge in [0, 0.05) is 6.42 Å². The van der Waals surface area contributed by atoms with Crippen molar-refractivity contribution < 1.29 is 25.2 Å². The molecule has 5 heteroatoms. The van der Waals surface area contributed by atoms with Gasteiger partial charge in [0.05, 0.1) is 25.4 Å². The van der Waals surface area contributed by atoms with Crippen LogP contribution < -0.4 is 0 Å². The van der Waals surface area contributed by atoms with Crippen LogP contribution in [0.1, 0.15) is 47.3 Å². The lowest BCUT2D eigenvalue weighted by Gasteiger charge is -2.37. The summed E-state index contributed by atoms with van der Waals surface area (Å²) >= 11 is 0. The van der Waals surface area contributed by atoms with Crippen LogP contribution in [-0.4, -0.2) is 45.3 Å². The highest BCUT2D eigenvalue weighted by Crippen LogP contribution is 2.36. The Balaban J connectivity index is 1.73. The van der Waals surface area contributed by atoms with Crippen molar-refractivity contribution in [1.82, 2.24) is 0 Å². The average Bonchev–Trinajstić information content (AvgIpc) is 2.80. The summed E-state index contributed by atoms with van der Waals surface area (Å²) in [7, 11) is 0. The molecular weight excluding hydrogens is 392 g/mol. The van der Waals surface area contributed by atoms with E-state index in [0.29, 0.717) is 0 Å². The van der Waals surface area contributed by atoms with E-state index in [-0.39, 0.29) is 19.6 Å². The van der Waals surface area contributed by atoms with E-state index in [9.17, 15) is 20.4 Å². The first-order valence-corrected chi connectivity index (χ1v) is 10.9. The fourth-order valence-corrected chi connectivity index (χ4v) is 4.46. The number of aliphatic hydroxyl groups is 4. The summed E-state index contributed by atoms with van der Waals surface area (Å²) < 4.78 is 5.91. The number of fused-ring (bicyclic) bond motifs is 1. The van der Waals surface area contributed by atoms with Crippen molar-refractivity contribution in [2.45, 2.75) is 57.2 Å². The van der Waals surface area contributed by atoms with Crippen molar-refractivity contribution in [3.05, 3.63) is 82.4 Å². The molecular formula is C26H30O5. The molecule has 3 unspecified atom stereocenters. The Bertz CT molecular complexity index is 1030. The van der Waals surface area contributed by atoms with E-state index in [1.165, 1.54) is 16.7 Å². The Labute approximate surface area is 182 Å². The second-order valence-electron chi connectivity index (χ2n) is 8.33. The molecule has 5 nitrogen and oxygen atoms in total. The first-order valence-electron chi connectivity index (χ1n) is 10.9. The molecule has 1 saturated heterocycles. The fourth-order valence-electron chi connectivity index (χ4n) is 4.46. The molecule has 4 atom stereocenters. The number of benzene rings is 3. The Morgan fingerprint density at radius 3 is 2.35 bits per heavy atom. The molecule has 1 fully saturated rings. The Morgan fingerprint density at radius 1 is 0.935 bits per heavy atom. The standard InChI is InChI=1S/C26H30O5/c1-2-16-6-8-17(9-7-16)10-18-4-3-5-19-11-20(14-27)22(12-21(18)19)24-13-23(29)26(30)25(15-28)31-24/h3-9,11-12,23-30H,2,10,13-15H2,1H3/t23?,24?,25?,26-/m0/s1. The van der Waals surface area contributed by atoms with Crippen LogP contribution in [0.2, 0.25) is 0 Å². The van der Waals surface area contributed by atoms with Gasteiger partial charge in [0.1, 0.15) is 12.2 Å². The molecule has 0 saturated carbocycles. The summed E-state index contributed by atoms with van der Waals surface area (Å²) in [6.07, 6.45) is -1.49. The van der Waals surface area contributed by atoms with Gasteiger partial charge in [-0.05, 0) is 63.6 Å². The molecule has 1 heterocycles. The molecule has 4 N–H and O–H groups in total. The van der Waals surface area contributed by atoms with Gasteiger partial charge in [-0.25, -0.2) is 0 Å². The van der Waals surface area contributed by atoms with Crippen molar-refractivity contribution in [3.63, 3.8) is 0 Å². The molecule has 0 spiro atoms. The van der Waals surface area contributed by atoms with Crippen LogP contribution in [0.15, 0.2) is 54.6 Å². The Hall–Kier alpha value is -2.28. The predicted octanol–water partition coefficient (Wildman–Crippen LogP) is 3.03. The van der Waals surface area contributed by atoms with Gasteiger partial charge in [0.25, 0.3) is 0 Å². The predicted molar refractivity (Wildman–Crippen MR) is 120 cm³/mol. The zero-order chi connectivity index (χ0) is 22.0. The maximum atomic E-state index is 10.3. The molecule has 164 valence electrons. The van der Waals surface area contributed by atoms with Crippen LogP contribution in [0.3, 0.4) is 0 Å². The quantitative estimate of drug-likeness (QED) is 0.490. The van der Waals surface area contributed by atoms with Gasteiger partial charge < -0.3 is 25.2 Å². The van der Waals surface area contributed by atoms with E-state index in [2.05, 4.69) is 37.3 Å². The van der Waals surface area contributed by atoms with Gasteiger partial charge in [-0.1, -0.05) is 49.4 Å². The first-order chi connectivity index (χ1) is 15.0. The molecule has 3 aromatic carbocycles. The molecule has 0 aliphatic carbocycles. The largest absolute Gasteiger partial charge is 0.394 e. The number of rotatable bonds is 6. The highest BCUT2D eigenvalue weighted by molar-refractivity contribution is 5.87. The van der Waals surface area contributed by atoms with E-state index in [1.807, 2.05) is 24.3 Å². The zero-order valence-electron chi connectivity index (χ0n) is 17.7.